The number of nitrogens with zero attached hydrogens (tertiary/aromatic N) is 1. The monoisotopic (exact) mass is 228 g/mol. The van der Waals surface area contributed by atoms with E-state index >= 15 is 0 Å². The van der Waals surface area contributed by atoms with E-state index in [2.05, 4.69) is 5.32 Å². The molecular weight excluding hydrogens is 216 g/mol. The summed E-state index contributed by atoms with van der Waals surface area (Å²) < 4.78 is 0. The molecule has 0 saturated carbocycles. The molecule has 4 nitrogen and oxygen atoms in total. The van der Waals surface area contributed by atoms with E-state index in [0.29, 0.717) is 0 Å². The lowest BCUT2D eigenvalue weighted by Gasteiger charge is -2.08. The van der Waals surface area contributed by atoms with Crippen LogP contribution in [0, 0.1) is 17.0 Å². The first kappa shape index (κ1) is 11.1. The van der Waals surface area contributed by atoms with Gasteiger partial charge in [0.1, 0.15) is 0 Å². The molecule has 0 bridgehead atoms. The molecule has 0 saturated heterocycles. The summed E-state index contributed by atoms with van der Waals surface area (Å²) in [6.07, 6.45) is 0. The molecular formula is C13H12N2O2. The summed E-state index contributed by atoms with van der Waals surface area (Å²) >= 11 is 0. The zero-order valence-corrected chi connectivity index (χ0v) is 9.38. The maximum absolute atomic E-state index is 10.7. The van der Waals surface area contributed by atoms with Crippen LogP contribution >= 0.6 is 0 Å². The van der Waals surface area contributed by atoms with E-state index < -0.39 is 4.92 Å². The molecule has 86 valence electrons. The molecule has 2 aromatic rings. The summed E-state index contributed by atoms with van der Waals surface area (Å²) in [5.41, 5.74) is 2.73. The lowest BCUT2D eigenvalue weighted by molar-refractivity contribution is -0.384. The molecule has 2 aromatic carbocycles. The minimum absolute atomic E-state index is 0.0917. The van der Waals surface area contributed by atoms with E-state index in [4.69, 9.17) is 0 Å². The smallest absolute Gasteiger partial charge is 0.271 e. The van der Waals surface area contributed by atoms with Crippen LogP contribution in [0.25, 0.3) is 0 Å². The summed E-state index contributed by atoms with van der Waals surface area (Å²) in [6.45, 7) is 1.91. The van der Waals surface area contributed by atoms with Gasteiger partial charge in [0, 0.05) is 23.5 Å². The summed E-state index contributed by atoms with van der Waals surface area (Å²) in [7, 11) is 0. The van der Waals surface area contributed by atoms with Crippen LogP contribution in [0.3, 0.4) is 0 Å². The van der Waals surface area contributed by atoms with E-state index in [9.17, 15) is 10.1 Å². The van der Waals surface area contributed by atoms with Crippen LogP contribution < -0.4 is 5.32 Å². The predicted molar refractivity (Wildman–Crippen MR) is 67.6 cm³/mol. The van der Waals surface area contributed by atoms with Crippen molar-refractivity contribution in [3.63, 3.8) is 0 Å². The van der Waals surface area contributed by atoms with Gasteiger partial charge in [-0.15, -0.1) is 0 Å². The second-order valence-corrected chi connectivity index (χ2v) is 3.75. The minimum atomic E-state index is -0.393. The lowest BCUT2D eigenvalue weighted by Crippen LogP contribution is -1.95. The van der Waals surface area contributed by atoms with Gasteiger partial charge in [-0.05, 0) is 24.6 Å². The van der Waals surface area contributed by atoms with Gasteiger partial charge in [-0.2, -0.15) is 0 Å². The minimum Gasteiger partial charge on any atom is -0.355 e. The topological polar surface area (TPSA) is 55.2 Å². The Kier molecular flexibility index (Phi) is 3.05. The Morgan fingerprint density at radius 1 is 1.12 bits per heavy atom. The summed E-state index contributed by atoms with van der Waals surface area (Å²) in [5, 5.41) is 13.9. The summed E-state index contributed by atoms with van der Waals surface area (Å²) in [4.78, 5) is 10.3. The first-order valence-electron chi connectivity index (χ1n) is 5.24. The highest BCUT2D eigenvalue weighted by atomic mass is 16.6. The normalized spacial score (nSPS) is 9.94. The molecule has 0 unspecified atom stereocenters. The van der Waals surface area contributed by atoms with Crippen LogP contribution in [0.1, 0.15) is 5.56 Å². The first-order chi connectivity index (χ1) is 8.16. The van der Waals surface area contributed by atoms with E-state index in [1.807, 2.05) is 37.3 Å². The van der Waals surface area contributed by atoms with Crippen LogP contribution in [0.4, 0.5) is 17.1 Å². The fraction of sp³-hybridized carbons (Fsp3) is 0.0769. The Labute approximate surface area is 99.1 Å². The van der Waals surface area contributed by atoms with Crippen molar-refractivity contribution in [2.75, 3.05) is 5.32 Å². The van der Waals surface area contributed by atoms with Gasteiger partial charge in [-0.25, -0.2) is 0 Å². The zero-order chi connectivity index (χ0) is 12.3. The lowest BCUT2D eigenvalue weighted by atomic mass is 10.1. The van der Waals surface area contributed by atoms with Crippen LogP contribution in [0.5, 0.6) is 0 Å². The standard InChI is InChI=1S/C13H12N2O2/c1-10-7-8-12(15(16)17)9-13(10)14-11-5-3-2-4-6-11/h2-9,14H,1H3. The number of non-ortho nitro benzene ring substituents is 1. The highest BCUT2D eigenvalue weighted by Gasteiger charge is 2.08. The number of anilines is 2. The number of hydrogen-bond donors (Lipinski definition) is 1. The van der Waals surface area contributed by atoms with Crippen molar-refractivity contribution in [3.8, 4) is 0 Å². The van der Waals surface area contributed by atoms with E-state index in [0.717, 1.165) is 16.9 Å². The fourth-order valence-corrected chi connectivity index (χ4v) is 1.54. The van der Waals surface area contributed by atoms with Gasteiger partial charge in [-0.1, -0.05) is 24.3 Å². The van der Waals surface area contributed by atoms with Crippen molar-refractivity contribution >= 4 is 17.1 Å². The highest BCUT2D eigenvalue weighted by molar-refractivity contribution is 5.65. The Morgan fingerprint density at radius 3 is 2.47 bits per heavy atom. The Balaban J connectivity index is 2.32. The molecule has 0 aliphatic carbocycles. The van der Waals surface area contributed by atoms with Gasteiger partial charge in [0.15, 0.2) is 0 Å². The molecule has 0 aliphatic rings. The Hall–Kier alpha value is -2.36. The third kappa shape index (κ3) is 2.60. The fourth-order valence-electron chi connectivity index (χ4n) is 1.54. The molecule has 0 radical (unpaired) electrons. The number of benzene rings is 2. The second-order valence-electron chi connectivity index (χ2n) is 3.75. The van der Waals surface area contributed by atoms with E-state index in [1.165, 1.54) is 6.07 Å². The third-order valence-corrected chi connectivity index (χ3v) is 2.48. The molecule has 0 aliphatic heterocycles. The maximum atomic E-state index is 10.7. The maximum Gasteiger partial charge on any atom is 0.271 e. The van der Waals surface area contributed by atoms with Gasteiger partial charge in [0.2, 0.25) is 0 Å². The molecule has 0 atom stereocenters. The third-order valence-electron chi connectivity index (χ3n) is 2.48. The molecule has 0 spiro atoms. The number of nitro groups is 1. The highest BCUT2D eigenvalue weighted by Crippen LogP contribution is 2.24. The van der Waals surface area contributed by atoms with Gasteiger partial charge in [0.25, 0.3) is 5.69 Å². The van der Waals surface area contributed by atoms with E-state index in [-0.39, 0.29) is 5.69 Å². The number of para-hydroxylation sites is 1. The van der Waals surface area contributed by atoms with Gasteiger partial charge < -0.3 is 5.32 Å². The second kappa shape index (κ2) is 4.65. The largest absolute Gasteiger partial charge is 0.355 e. The number of rotatable bonds is 3. The van der Waals surface area contributed by atoms with Crippen molar-refractivity contribution < 1.29 is 4.92 Å². The van der Waals surface area contributed by atoms with Crippen molar-refractivity contribution in [3.05, 3.63) is 64.2 Å². The van der Waals surface area contributed by atoms with Crippen molar-refractivity contribution in [2.24, 2.45) is 0 Å². The summed E-state index contributed by atoms with van der Waals surface area (Å²) in [6, 6.07) is 14.4. The molecule has 4 heteroatoms. The van der Waals surface area contributed by atoms with E-state index in [1.54, 1.807) is 12.1 Å². The molecule has 17 heavy (non-hydrogen) atoms. The zero-order valence-electron chi connectivity index (χ0n) is 9.38. The van der Waals surface area contributed by atoms with Crippen LogP contribution in [-0.4, -0.2) is 4.92 Å². The number of hydrogen-bond acceptors (Lipinski definition) is 3. The average molecular weight is 228 g/mol. The quantitative estimate of drug-likeness (QED) is 0.644. The number of nitro benzene ring substituents is 1. The molecule has 1 N–H and O–H groups in total. The van der Waals surface area contributed by atoms with Gasteiger partial charge in [-0.3, -0.25) is 10.1 Å². The van der Waals surface area contributed by atoms with Crippen molar-refractivity contribution in [1.82, 2.24) is 0 Å². The Morgan fingerprint density at radius 2 is 1.82 bits per heavy atom. The van der Waals surface area contributed by atoms with Crippen LogP contribution in [0.15, 0.2) is 48.5 Å². The van der Waals surface area contributed by atoms with Crippen molar-refractivity contribution in [1.29, 1.82) is 0 Å². The molecule has 0 fully saturated rings. The first-order valence-corrected chi connectivity index (χ1v) is 5.24. The van der Waals surface area contributed by atoms with Gasteiger partial charge in [0.05, 0.1) is 4.92 Å². The summed E-state index contributed by atoms with van der Waals surface area (Å²) in [5.74, 6) is 0. The molecule has 0 heterocycles. The SMILES string of the molecule is Cc1ccc([N+](=O)[O-])cc1Nc1ccccc1. The number of nitrogens with one attached hydrogen (secondary N) is 1. The van der Waals surface area contributed by atoms with Gasteiger partial charge >= 0.3 is 0 Å². The van der Waals surface area contributed by atoms with Crippen LogP contribution in [0.2, 0.25) is 0 Å². The number of aryl methyl sites for hydroxylation is 1. The average Bonchev–Trinajstić information content (AvgIpc) is 2.33. The molecule has 2 rings (SSSR count). The van der Waals surface area contributed by atoms with Crippen LogP contribution in [-0.2, 0) is 0 Å². The van der Waals surface area contributed by atoms with Crippen molar-refractivity contribution in [2.45, 2.75) is 6.92 Å². The Bertz CT molecular complexity index is 538. The molecule has 0 amide bonds. The predicted octanol–water partition coefficient (Wildman–Crippen LogP) is 3.65. The molecule has 0 aromatic heterocycles.